The first-order chi connectivity index (χ1) is 13.2. The van der Waals surface area contributed by atoms with Crippen molar-refractivity contribution in [1.29, 1.82) is 0 Å². The summed E-state index contributed by atoms with van der Waals surface area (Å²) in [6, 6.07) is 17.5. The van der Waals surface area contributed by atoms with Crippen molar-refractivity contribution in [3.8, 4) is 17.1 Å². The fourth-order valence-corrected chi connectivity index (χ4v) is 2.86. The molecule has 0 aliphatic heterocycles. The molecule has 0 fully saturated rings. The summed E-state index contributed by atoms with van der Waals surface area (Å²) in [4.78, 5) is 25.5. The van der Waals surface area contributed by atoms with Gasteiger partial charge in [-0.25, -0.2) is 4.79 Å². The molecule has 0 spiro atoms. The summed E-state index contributed by atoms with van der Waals surface area (Å²) in [5.41, 5.74) is 1.67. The molecule has 27 heavy (non-hydrogen) atoms. The summed E-state index contributed by atoms with van der Waals surface area (Å²) in [5.74, 6) is -0.688. The van der Waals surface area contributed by atoms with Gasteiger partial charge in [-0.05, 0) is 36.2 Å². The molecule has 0 amide bonds. The summed E-state index contributed by atoms with van der Waals surface area (Å²) >= 11 is 0. The van der Waals surface area contributed by atoms with Gasteiger partial charge in [-0.3, -0.25) is 4.79 Å². The van der Waals surface area contributed by atoms with Gasteiger partial charge in [0.15, 0.2) is 5.76 Å². The van der Waals surface area contributed by atoms with E-state index in [2.05, 4.69) is 0 Å². The third-order valence-electron chi connectivity index (χ3n) is 4.27. The van der Waals surface area contributed by atoms with Crippen LogP contribution in [0.1, 0.15) is 23.0 Å². The molecule has 0 aliphatic rings. The second kappa shape index (κ2) is 6.96. The van der Waals surface area contributed by atoms with Crippen LogP contribution in [0.3, 0.4) is 0 Å². The quantitative estimate of drug-likeness (QED) is 0.487. The molecule has 4 rings (SSSR count). The van der Waals surface area contributed by atoms with Crippen LogP contribution in [0, 0.1) is 0 Å². The van der Waals surface area contributed by atoms with Crippen LogP contribution in [0.4, 0.5) is 0 Å². The number of furan rings is 1. The highest BCUT2D eigenvalue weighted by atomic mass is 16.6. The Hall–Kier alpha value is -3.60. The minimum Gasteiger partial charge on any atom is -0.457 e. The summed E-state index contributed by atoms with van der Waals surface area (Å²) < 4.78 is 16.5. The van der Waals surface area contributed by atoms with Crippen molar-refractivity contribution in [2.75, 3.05) is 0 Å². The van der Waals surface area contributed by atoms with Gasteiger partial charge in [-0.2, -0.15) is 0 Å². The lowest BCUT2D eigenvalue weighted by molar-refractivity contribution is 0.0698. The van der Waals surface area contributed by atoms with Crippen LogP contribution < -0.4 is 10.2 Å². The zero-order valence-electron chi connectivity index (χ0n) is 14.6. The third-order valence-corrected chi connectivity index (χ3v) is 4.27. The maximum absolute atomic E-state index is 13.1. The number of fused-ring (bicyclic) bond motifs is 1. The average molecular weight is 360 g/mol. The van der Waals surface area contributed by atoms with E-state index >= 15 is 0 Å². The molecule has 0 saturated heterocycles. The Balaban J connectivity index is 1.93. The highest BCUT2D eigenvalue weighted by molar-refractivity contribution is 5.90. The van der Waals surface area contributed by atoms with Crippen LogP contribution in [0.25, 0.3) is 22.3 Å². The van der Waals surface area contributed by atoms with Crippen LogP contribution >= 0.6 is 0 Å². The summed E-state index contributed by atoms with van der Waals surface area (Å²) in [7, 11) is 0. The normalized spacial score (nSPS) is 10.9. The minimum absolute atomic E-state index is 0.0100. The maximum atomic E-state index is 13.1. The number of rotatable bonds is 4. The van der Waals surface area contributed by atoms with E-state index < -0.39 is 11.4 Å². The van der Waals surface area contributed by atoms with Gasteiger partial charge >= 0.3 is 5.97 Å². The molecule has 5 heteroatoms. The van der Waals surface area contributed by atoms with Crippen molar-refractivity contribution in [2.24, 2.45) is 0 Å². The van der Waals surface area contributed by atoms with Crippen LogP contribution in [0.15, 0.2) is 80.6 Å². The van der Waals surface area contributed by atoms with Gasteiger partial charge in [0.25, 0.3) is 0 Å². The van der Waals surface area contributed by atoms with E-state index in [4.69, 9.17) is 13.6 Å². The van der Waals surface area contributed by atoms with E-state index in [1.165, 1.54) is 12.3 Å². The molecule has 0 unspecified atom stereocenters. The fraction of sp³-hybridized carbons (Fsp3) is 0.0909. The smallest absolute Gasteiger partial charge is 0.379 e. The lowest BCUT2D eigenvalue weighted by atomic mass is 10.1. The second-order valence-electron chi connectivity index (χ2n) is 6.01. The van der Waals surface area contributed by atoms with Crippen molar-refractivity contribution in [3.63, 3.8) is 0 Å². The van der Waals surface area contributed by atoms with E-state index in [0.29, 0.717) is 16.5 Å². The molecule has 4 aromatic rings. The first-order valence-corrected chi connectivity index (χ1v) is 8.58. The van der Waals surface area contributed by atoms with Gasteiger partial charge in [0.1, 0.15) is 5.58 Å². The molecule has 0 saturated carbocycles. The lowest BCUT2D eigenvalue weighted by Gasteiger charge is -2.10. The highest BCUT2D eigenvalue weighted by Gasteiger charge is 2.22. The standard InChI is InChI=1S/C22H16O5/c1-2-14-10-11-17-16(13-14)19(23)21(27-22(24)18-9-6-12-25-18)20(26-17)15-7-4-3-5-8-15/h3-13H,2H2,1H3. The molecule has 0 aliphatic carbocycles. The Labute approximate surface area is 154 Å². The predicted octanol–water partition coefficient (Wildman–Crippen LogP) is 4.83. The van der Waals surface area contributed by atoms with E-state index in [1.807, 2.05) is 31.2 Å². The van der Waals surface area contributed by atoms with Gasteiger partial charge in [-0.15, -0.1) is 0 Å². The summed E-state index contributed by atoms with van der Waals surface area (Å²) in [6.45, 7) is 2.00. The molecular weight excluding hydrogens is 344 g/mol. The van der Waals surface area contributed by atoms with E-state index in [1.54, 1.807) is 30.3 Å². The maximum Gasteiger partial charge on any atom is 0.379 e. The highest BCUT2D eigenvalue weighted by Crippen LogP contribution is 2.31. The Kier molecular flexibility index (Phi) is 4.34. The predicted molar refractivity (Wildman–Crippen MR) is 101 cm³/mol. The molecule has 2 heterocycles. The summed E-state index contributed by atoms with van der Waals surface area (Å²) in [5, 5.41) is 0.372. The van der Waals surface area contributed by atoms with Crippen molar-refractivity contribution in [1.82, 2.24) is 0 Å². The number of aryl methyl sites for hydroxylation is 1. The van der Waals surface area contributed by atoms with Crippen molar-refractivity contribution in [3.05, 3.63) is 88.5 Å². The molecule has 0 radical (unpaired) electrons. The molecule has 0 bridgehead atoms. The Bertz CT molecular complexity index is 1150. The molecule has 0 atom stereocenters. The zero-order chi connectivity index (χ0) is 18.8. The van der Waals surface area contributed by atoms with Gasteiger partial charge in [0.2, 0.25) is 16.9 Å². The van der Waals surface area contributed by atoms with Gasteiger partial charge < -0.3 is 13.6 Å². The number of hydrogen-bond donors (Lipinski definition) is 0. The van der Waals surface area contributed by atoms with Crippen molar-refractivity contribution < 1.29 is 18.4 Å². The number of carbonyl (C=O) groups excluding carboxylic acids is 1. The van der Waals surface area contributed by atoms with Crippen molar-refractivity contribution in [2.45, 2.75) is 13.3 Å². The molecular formula is C22H16O5. The van der Waals surface area contributed by atoms with E-state index in [0.717, 1.165) is 12.0 Å². The van der Waals surface area contributed by atoms with Crippen LogP contribution in [-0.4, -0.2) is 5.97 Å². The van der Waals surface area contributed by atoms with E-state index in [-0.39, 0.29) is 17.3 Å². The number of ether oxygens (including phenoxy) is 1. The van der Waals surface area contributed by atoms with Crippen LogP contribution in [0.5, 0.6) is 5.75 Å². The lowest BCUT2D eigenvalue weighted by Crippen LogP contribution is -2.16. The average Bonchev–Trinajstić information content (AvgIpc) is 3.25. The zero-order valence-corrected chi connectivity index (χ0v) is 14.6. The summed E-state index contributed by atoms with van der Waals surface area (Å²) in [6.07, 6.45) is 2.14. The number of benzene rings is 2. The largest absolute Gasteiger partial charge is 0.457 e. The monoisotopic (exact) mass is 360 g/mol. The van der Waals surface area contributed by atoms with Crippen LogP contribution in [-0.2, 0) is 6.42 Å². The Morgan fingerprint density at radius 1 is 1.04 bits per heavy atom. The van der Waals surface area contributed by atoms with Gasteiger partial charge in [0, 0.05) is 5.56 Å². The first kappa shape index (κ1) is 16.8. The first-order valence-electron chi connectivity index (χ1n) is 8.58. The number of esters is 1. The van der Waals surface area contributed by atoms with Gasteiger partial charge in [0.05, 0.1) is 11.6 Å². The second-order valence-corrected chi connectivity index (χ2v) is 6.01. The molecule has 0 N–H and O–H groups in total. The Morgan fingerprint density at radius 3 is 2.56 bits per heavy atom. The number of hydrogen-bond acceptors (Lipinski definition) is 5. The topological polar surface area (TPSA) is 69.7 Å². The molecule has 134 valence electrons. The fourth-order valence-electron chi connectivity index (χ4n) is 2.86. The van der Waals surface area contributed by atoms with Gasteiger partial charge in [-0.1, -0.05) is 43.3 Å². The van der Waals surface area contributed by atoms with E-state index in [9.17, 15) is 9.59 Å². The van der Waals surface area contributed by atoms with Crippen LogP contribution in [0.2, 0.25) is 0 Å². The molecule has 5 nitrogen and oxygen atoms in total. The molecule has 2 aromatic carbocycles. The van der Waals surface area contributed by atoms with Crippen molar-refractivity contribution >= 4 is 16.9 Å². The minimum atomic E-state index is -0.754. The molecule has 2 aromatic heterocycles. The number of carbonyl (C=O) groups is 1. The third kappa shape index (κ3) is 3.15. The Morgan fingerprint density at radius 2 is 1.85 bits per heavy atom. The SMILES string of the molecule is CCc1ccc2oc(-c3ccccc3)c(OC(=O)c3ccco3)c(=O)c2c1.